The van der Waals surface area contributed by atoms with Crippen LogP contribution in [0.15, 0.2) is 91.0 Å². The fourth-order valence-electron chi connectivity index (χ4n) is 5.26. The molecule has 9 heteroatoms. The number of amides is 1. The normalized spacial score (nSPS) is 27.7. The minimum atomic E-state index is -0.975. The molecule has 0 spiro atoms. The lowest BCUT2D eigenvalue weighted by molar-refractivity contribution is -0.145. The SMILES string of the molecule is O=C(O[C@H]1[C@H]2OCO[C@H]2[C@H](OC(=O)c2ccccc2)[C@H]2[C@@H]1OC(=O)N2Cc1ccccc1)c1ccccc1. The third-order valence-electron chi connectivity index (χ3n) is 7.02. The Bertz CT molecular complexity index is 1300. The summed E-state index contributed by atoms with van der Waals surface area (Å²) in [6.45, 7) is 0.123. The maximum atomic E-state index is 13.2. The fourth-order valence-corrected chi connectivity index (χ4v) is 5.26. The van der Waals surface area contributed by atoms with Gasteiger partial charge in [-0.05, 0) is 29.8 Å². The highest BCUT2D eigenvalue weighted by molar-refractivity contribution is 5.90. The quantitative estimate of drug-likeness (QED) is 0.363. The fraction of sp³-hybridized carbons (Fsp3) is 0.276. The Balaban J connectivity index is 1.35. The van der Waals surface area contributed by atoms with Gasteiger partial charge in [0.05, 0.1) is 11.1 Å². The van der Waals surface area contributed by atoms with E-state index in [-0.39, 0.29) is 13.3 Å². The number of nitrogens with zero attached hydrogens (tertiary/aromatic N) is 1. The molecule has 3 aromatic carbocycles. The maximum Gasteiger partial charge on any atom is 0.411 e. The van der Waals surface area contributed by atoms with Crippen LogP contribution in [-0.4, -0.2) is 66.3 Å². The van der Waals surface area contributed by atoms with E-state index < -0.39 is 54.6 Å². The van der Waals surface area contributed by atoms with Crippen molar-refractivity contribution in [2.75, 3.05) is 6.79 Å². The Morgan fingerprint density at radius 2 is 1.21 bits per heavy atom. The largest absolute Gasteiger partial charge is 0.454 e. The number of hydrogen-bond donors (Lipinski definition) is 0. The van der Waals surface area contributed by atoms with Gasteiger partial charge in [0.1, 0.15) is 25.0 Å². The molecule has 0 radical (unpaired) electrons. The van der Waals surface area contributed by atoms with Crippen LogP contribution < -0.4 is 0 Å². The molecule has 0 unspecified atom stereocenters. The second-order valence-electron chi connectivity index (χ2n) is 9.30. The molecule has 6 atom stereocenters. The van der Waals surface area contributed by atoms with Crippen LogP contribution in [0.3, 0.4) is 0 Å². The van der Waals surface area contributed by atoms with Crippen molar-refractivity contribution in [2.24, 2.45) is 0 Å². The molecule has 38 heavy (non-hydrogen) atoms. The average molecular weight is 516 g/mol. The topological polar surface area (TPSA) is 101 Å². The molecule has 2 saturated heterocycles. The standard InChI is InChI=1S/C29H25NO8/c31-27(19-12-6-2-7-13-19)36-22-21-23(38-29(33)30(21)16-18-10-4-1-5-11-18)26(25-24(22)34-17-35-25)37-28(32)20-14-8-3-9-15-20/h1-15,21-26H,16-17H2/t21-,22+,23-,24-,25-,26+/m0/s1. The number of carbonyl (C=O) groups excluding carboxylic acids is 3. The molecule has 1 amide bonds. The zero-order chi connectivity index (χ0) is 26.1. The van der Waals surface area contributed by atoms with E-state index >= 15 is 0 Å². The molecule has 3 aromatic rings. The molecule has 2 heterocycles. The van der Waals surface area contributed by atoms with E-state index in [1.54, 1.807) is 60.7 Å². The van der Waals surface area contributed by atoms with Crippen molar-refractivity contribution in [1.82, 2.24) is 4.90 Å². The summed E-state index contributed by atoms with van der Waals surface area (Å²) in [6.07, 6.45) is -5.05. The second kappa shape index (κ2) is 10.3. The van der Waals surface area contributed by atoms with Crippen molar-refractivity contribution < 1.29 is 38.1 Å². The summed E-state index contributed by atoms with van der Waals surface area (Å²) in [5.41, 5.74) is 1.57. The second-order valence-corrected chi connectivity index (χ2v) is 9.30. The first kappa shape index (κ1) is 24.1. The zero-order valence-corrected chi connectivity index (χ0v) is 20.3. The third-order valence-corrected chi connectivity index (χ3v) is 7.02. The molecule has 194 valence electrons. The molecule has 3 fully saturated rings. The van der Waals surface area contributed by atoms with Crippen LogP contribution >= 0.6 is 0 Å². The van der Waals surface area contributed by atoms with E-state index in [2.05, 4.69) is 0 Å². The van der Waals surface area contributed by atoms with Crippen LogP contribution in [0.1, 0.15) is 26.3 Å². The lowest BCUT2D eigenvalue weighted by atomic mass is 9.82. The monoisotopic (exact) mass is 515 g/mol. The van der Waals surface area contributed by atoms with Crippen LogP contribution in [0.4, 0.5) is 4.79 Å². The van der Waals surface area contributed by atoms with Crippen molar-refractivity contribution in [3.63, 3.8) is 0 Å². The van der Waals surface area contributed by atoms with E-state index in [1.165, 1.54) is 4.90 Å². The maximum absolute atomic E-state index is 13.2. The van der Waals surface area contributed by atoms with Crippen molar-refractivity contribution in [2.45, 2.75) is 43.1 Å². The Labute approximate surface area is 218 Å². The van der Waals surface area contributed by atoms with Crippen LogP contribution in [-0.2, 0) is 30.2 Å². The van der Waals surface area contributed by atoms with E-state index in [0.717, 1.165) is 5.56 Å². The van der Waals surface area contributed by atoms with Gasteiger partial charge in [-0.25, -0.2) is 14.4 Å². The first-order valence-electron chi connectivity index (χ1n) is 12.4. The van der Waals surface area contributed by atoms with E-state index in [0.29, 0.717) is 11.1 Å². The van der Waals surface area contributed by atoms with E-state index in [1.807, 2.05) is 30.3 Å². The highest BCUT2D eigenvalue weighted by Gasteiger charge is 2.64. The van der Waals surface area contributed by atoms with Crippen LogP contribution in [0.2, 0.25) is 0 Å². The number of benzene rings is 3. The van der Waals surface area contributed by atoms with Crippen LogP contribution in [0.25, 0.3) is 0 Å². The molecule has 3 aliphatic rings. The van der Waals surface area contributed by atoms with Gasteiger partial charge in [0.2, 0.25) is 0 Å². The van der Waals surface area contributed by atoms with Gasteiger partial charge < -0.3 is 23.7 Å². The minimum Gasteiger partial charge on any atom is -0.454 e. The summed E-state index contributed by atoms with van der Waals surface area (Å²) in [7, 11) is 0. The van der Waals surface area contributed by atoms with Crippen molar-refractivity contribution in [3.05, 3.63) is 108 Å². The van der Waals surface area contributed by atoms with Gasteiger partial charge in [0, 0.05) is 6.54 Å². The molecule has 6 rings (SSSR count). The molecule has 1 saturated carbocycles. The van der Waals surface area contributed by atoms with Gasteiger partial charge in [-0.2, -0.15) is 0 Å². The predicted molar refractivity (Wildman–Crippen MR) is 132 cm³/mol. The molecule has 0 N–H and O–H groups in total. The molecule has 1 aliphatic carbocycles. The van der Waals surface area contributed by atoms with Gasteiger partial charge in [-0.3, -0.25) is 4.90 Å². The first-order valence-corrected chi connectivity index (χ1v) is 12.4. The van der Waals surface area contributed by atoms with Crippen molar-refractivity contribution in [3.8, 4) is 0 Å². The number of esters is 2. The third kappa shape index (κ3) is 4.51. The van der Waals surface area contributed by atoms with Gasteiger partial charge in [-0.1, -0.05) is 66.7 Å². The first-order chi connectivity index (χ1) is 18.6. The number of rotatable bonds is 6. The molecule has 9 nitrogen and oxygen atoms in total. The molecular weight excluding hydrogens is 490 g/mol. The highest BCUT2D eigenvalue weighted by atomic mass is 16.7. The molecule has 2 aliphatic heterocycles. The summed E-state index contributed by atoms with van der Waals surface area (Å²) in [4.78, 5) is 40.9. The molecule has 0 aromatic heterocycles. The summed E-state index contributed by atoms with van der Waals surface area (Å²) < 4.78 is 29.4. The van der Waals surface area contributed by atoms with Crippen molar-refractivity contribution in [1.29, 1.82) is 0 Å². The van der Waals surface area contributed by atoms with Crippen molar-refractivity contribution >= 4 is 18.0 Å². The number of ether oxygens (including phenoxy) is 5. The Kier molecular flexibility index (Phi) is 6.53. The summed E-state index contributed by atoms with van der Waals surface area (Å²) >= 11 is 0. The van der Waals surface area contributed by atoms with Crippen LogP contribution in [0, 0.1) is 0 Å². The molecule has 0 bridgehead atoms. The summed E-state index contributed by atoms with van der Waals surface area (Å²) in [5.74, 6) is -1.15. The smallest absolute Gasteiger partial charge is 0.411 e. The van der Waals surface area contributed by atoms with Gasteiger partial charge in [0.25, 0.3) is 0 Å². The number of carbonyl (C=O) groups is 3. The highest BCUT2D eigenvalue weighted by Crippen LogP contribution is 2.41. The van der Waals surface area contributed by atoms with E-state index in [9.17, 15) is 14.4 Å². The Hall–Kier alpha value is -4.21. The Morgan fingerprint density at radius 3 is 1.79 bits per heavy atom. The average Bonchev–Trinajstić information content (AvgIpc) is 3.57. The Morgan fingerprint density at radius 1 is 0.711 bits per heavy atom. The summed E-state index contributed by atoms with van der Waals surface area (Å²) in [5, 5.41) is 0. The van der Waals surface area contributed by atoms with Gasteiger partial charge in [0.15, 0.2) is 18.3 Å². The number of hydrogen-bond acceptors (Lipinski definition) is 8. The summed E-state index contributed by atoms with van der Waals surface area (Å²) in [6, 6.07) is 25.7. The van der Waals surface area contributed by atoms with Gasteiger partial charge in [-0.15, -0.1) is 0 Å². The van der Waals surface area contributed by atoms with Gasteiger partial charge >= 0.3 is 18.0 Å². The lowest BCUT2D eigenvalue weighted by Crippen LogP contribution is -2.66. The zero-order valence-electron chi connectivity index (χ0n) is 20.3. The molecular formula is C29H25NO8. The van der Waals surface area contributed by atoms with E-state index in [4.69, 9.17) is 23.7 Å². The minimum absolute atomic E-state index is 0.0832. The lowest BCUT2D eigenvalue weighted by Gasteiger charge is -2.43. The number of fused-ring (bicyclic) bond motifs is 2. The predicted octanol–water partition coefficient (Wildman–Crippen LogP) is 3.58. The van der Waals surface area contributed by atoms with Crippen LogP contribution in [0.5, 0.6) is 0 Å².